The molecular formula is C68H60N2O10. The second-order valence-electron chi connectivity index (χ2n) is 27.3. The minimum absolute atomic E-state index is 0.0202. The third-order valence-corrected chi connectivity index (χ3v) is 19.3. The molecule has 5 aliphatic rings. The van der Waals surface area contributed by atoms with Gasteiger partial charge in [-0.3, -0.25) is 28.3 Å². The lowest BCUT2D eigenvalue weighted by molar-refractivity contribution is 0.349. The van der Waals surface area contributed by atoms with Crippen LogP contribution in [-0.4, -0.2) is 19.3 Å². The van der Waals surface area contributed by atoms with Crippen molar-refractivity contribution in [2.24, 2.45) is 0 Å². The molecule has 7 aromatic carbocycles. The van der Waals surface area contributed by atoms with Gasteiger partial charge in [0, 0.05) is 27.3 Å². The molecule has 3 unspecified atom stereocenters. The summed E-state index contributed by atoms with van der Waals surface area (Å²) in [5, 5.41) is 24.5. The maximum atomic E-state index is 14.6. The first-order chi connectivity index (χ1) is 37.5. The Morgan fingerprint density at radius 3 is 1.21 bits per heavy atom. The van der Waals surface area contributed by atoms with E-state index < -0.39 is 32.9 Å². The SMILES string of the molecule is CC(C)(C)c1cc2c(cc1O)C1(C)c3ccccc3C2(C)c2cc(O)c(Cn3c(=O)c4cc5oc6cc7c(cc6oc5cc4c3=O)C3(CC7(C)C)CC(C)(C)c4cc5oc6cc7c(=O)n(C(C)(C)C)c(=O)c7cc6oc5cc43)cc21. The fourth-order valence-corrected chi connectivity index (χ4v) is 15.7. The van der Waals surface area contributed by atoms with Crippen LogP contribution in [0.1, 0.15) is 163 Å². The number of phenolic OH excluding ortho intramolecular Hbond substituents is 2. The summed E-state index contributed by atoms with van der Waals surface area (Å²) in [6.07, 6.45) is 1.55. The summed E-state index contributed by atoms with van der Waals surface area (Å²) in [5.41, 5.74) is 9.95. The van der Waals surface area contributed by atoms with Crippen LogP contribution in [0.3, 0.4) is 0 Å². The first-order valence-electron chi connectivity index (χ1n) is 27.6. The zero-order chi connectivity index (χ0) is 56.2. The molecule has 12 heteroatoms. The molecule has 12 nitrogen and oxygen atoms in total. The number of benzene rings is 7. The Balaban J connectivity index is 0.836. The molecule has 0 fully saturated rings. The number of aromatic nitrogens is 2. The molecule has 80 heavy (non-hydrogen) atoms. The molecule has 0 aliphatic heterocycles. The molecule has 2 bridgehead atoms. The third kappa shape index (κ3) is 5.96. The van der Waals surface area contributed by atoms with Crippen molar-refractivity contribution < 1.29 is 27.9 Å². The van der Waals surface area contributed by atoms with Crippen LogP contribution in [0.2, 0.25) is 0 Å². The molecule has 0 saturated heterocycles. The zero-order valence-corrected chi connectivity index (χ0v) is 46.9. The van der Waals surface area contributed by atoms with E-state index in [4.69, 9.17) is 17.7 Å². The summed E-state index contributed by atoms with van der Waals surface area (Å²) in [5.74, 6) is 0.209. The smallest absolute Gasteiger partial charge is 0.262 e. The van der Waals surface area contributed by atoms with Crippen molar-refractivity contribution in [1.82, 2.24) is 9.13 Å². The summed E-state index contributed by atoms with van der Waals surface area (Å²) in [6.45, 7) is 24.9. The Morgan fingerprint density at radius 1 is 0.438 bits per heavy atom. The van der Waals surface area contributed by atoms with Crippen LogP contribution in [-0.2, 0) is 44.6 Å². The molecule has 4 heterocycles. The van der Waals surface area contributed by atoms with E-state index in [0.29, 0.717) is 55.6 Å². The van der Waals surface area contributed by atoms with Gasteiger partial charge in [0.15, 0.2) is 44.7 Å². The predicted molar refractivity (Wildman–Crippen MR) is 311 cm³/mol. The molecule has 1 spiro atoms. The van der Waals surface area contributed by atoms with Crippen molar-refractivity contribution in [2.75, 3.05) is 0 Å². The molecule has 16 rings (SSSR count). The lowest BCUT2D eigenvalue weighted by atomic mass is 9.47. The maximum absolute atomic E-state index is 14.6. The van der Waals surface area contributed by atoms with E-state index in [-0.39, 0.29) is 61.6 Å². The van der Waals surface area contributed by atoms with Gasteiger partial charge in [0.25, 0.3) is 22.2 Å². The molecule has 11 aromatic rings. The minimum atomic E-state index is -0.730. The van der Waals surface area contributed by atoms with Gasteiger partial charge in [-0.2, -0.15) is 0 Å². The van der Waals surface area contributed by atoms with Crippen molar-refractivity contribution in [3.8, 4) is 11.5 Å². The number of aromatic hydroxyl groups is 2. The number of hydrogen-bond donors (Lipinski definition) is 2. The Hall–Kier alpha value is -8.38. The highest BCUT2D eigenvalue weighted by Crippen LogP contribution is 2.65. The van der Waals surface area contributed by atoms with Gasteiger partial charge in [-0.25, -0.2) is 0 Å². The molecule has 0 radical (unpaired) electrons. The van der Waals surface area contributed by atoms with Gasteiger partial charge in [-0.1, -0.05) is 78.8 Å². The van der Waals surface area contributed by atoms with Gasteiger partial charge >= 0.3 is 0 Å². The maximum Gasteiger partial charge on any atom is 0.262 e. The van der Waals surface area contributed by atoms with E-state index in [2.05, 4.69) is 105 Å². The summed E-state index contributed by atoms with van der Waals surface area (Å²) in [4.78, 5) is 56.2. The fraction of sp³-hybridized carbons (Fsp3) is 0.324. The highest BCUT2D eigenvalue weighted by Gasteiger charge is 2.58. The number of fused-ring (bicyclic) bond motifs is 10. The van der Waals surface area contributed by atoms with Gasteiger partial charge < -0.3 is 27.9 Å². The molecular weight excluding hydrogens is 1000 g/mol. The molecule has 5 aliphatic carbocycles. The number of hydrogen-bond acceptors (Lipinski definition) is 10. The van der Waals surface area contributed by atoms with Gasteiger partial charge in [0.1, 0.15) is 11.5 Å². The van der Waals surface area contributed by atoms with Crippen LogP contribution in [0.25, 0.3) is 66.2 Å². The summed E-state index contributed by atoms with van der Waals surface area (Å²) < 4.78 is 29.0. The number of phenols is 2. The summed E-state index contributed by atoms with van der Waals surface area (Å²) in [7, 11) is 0. The summed E-state index contributed by atoms with van der Waals surface area (Å²) >= 11 is 0. The molecule has 0 amide bonds. The van der Waals surface area contributed by atoms with E-state index >= 15 is 0 Å². The molecule has 2 N–H and O–H groups in total. The highest BCUT2D eigenvalue weighted by molar-refractivity contribution is 5.96. The first-order valence-corrected chi connectivity index (χ1v) is 27.6. The molecule has 402 valence electrons. The molecule has 3 atom stereocenters. The van der Waals surface area contributed by atoms with Crippen molar-refractivity contribution in [3.05, 3.63) is 205 Å². The van der Waals surface area contributed by atoms with E-state index in [0.717, 1.165) is 74.0 Å². The first kappa shape index (κ1) is 48.7. The Kier molecular flexibility index (Phi) is 8.95. The minimum Gasteiger partial charge on any atom is -0.508 e. The zero-order valence-electron chi connectivity index (χ0n) is 46.9. The van der Waals surface area contributed by atoms with Crippen LogP contribution < -0.4 is 22.2 Å². The second kappa shape index (κ2) is 14.7. The average Bonchev–Trinajstić information content (AvgIpc) is 1.06. The van der Waals surface area contributed by atoms with Gasteiger partial charge in [-0.15, -0.1) is 0 Å². The normalized spacial score (nSPS) is 21.4. The third-order valence-electron chi connectivity index (χ3n) is 19.3. The van der Waals surface area contributed by atoms with Crippen molar-refractivity contribution in [2.45, 2.75) is 141 Å². The standard InChI is InChI=1S/C68H60N2O10/c1-62(2,3)47-22-42-44(24-49(47)72)66(11)37-15-13-14-16-38(37)67(42,12)43-23-48(71)32(17-41(43)66)29-69-58(73)33-18-50-51(19-34(33)59(69)74)79-56-27-45-39(25-54(56)77-50)64(7,8)30-68(45)31-65(9,10)40-26-55-57(28-46(40)68)80-53-21-36-35(20-52(53)78-55)60(75)70(61(36)76)63(4,5)6/h13-28,71-72H,29-31H2,1-12H3. The van der Waals surface area contributed by atoms with E-state index in [9.17, 15) is 29.4 Å². The largest absolute Gasteiger partial charge is 0.508 e. The Morgan fingerprint density at radius 2 is 0.800 bits per heavy atom. The predicted octanol–water partition coefficient (Wildman–Crippen LogP) is 13.5. The molecule has 4 aromatic heterocycles. The topological polar surface area (TPSA) is 171 Å². The average molecular weight is 1070 g/mol. The number of rotatable bonds is 2. The van der Waals surface area contributed by atoms with Crippen molar-refractivity contribution >= 4 is 66.2 Å². The van der Waals surface area contributed by atoms with Crippen LogP contribution >= 0.6 is 0 Å². The van der Waals surface area contributed by atoms with Crippen LogP contribution in [0.5, 0.6) is 11.5 Å². The van der Waals surface area contributed by atoms with E-state index in [1.807, 2.05) is 51.1 Å². The fourth-order valence-electron chi connectivity index (χ4n) is 15.7. The summed E-state index contributed by atoms with van der Waals surface area (Å²) in [6, 6.07) is 30.9. The van der Waals surface area contributed by atoms with E-state index in [1.165, 1.54) is 9.13 Å². The quantitative estimate of drug-likeness (QED) is 0.159. The van der Waals surface area contributed by atoms with Gasteiger partial charge in [-0.05, 0) is 192 Å². The monoisotopic (exact) mass is 1060 g/mol. The van der Waals surface area contributed by atoms with Crippen LogP contribution in [0, 0.1) is 0 Å². The number of nitrogens with zero attached hydrogens (tertiary/aromatic N) is 2. The lowest BCUT2D eigenvalue weighted by Crippen LogP contribution is -2.48. The Labute approximate surface area is 458 Å². The lowest BCUT2D eigenvalue weighted by Gasteiger charge is -2.54. The second-order valence-corrected chi connectivity index (χ2v) is 27.3. The van der Waals surface area contributed by atoms with Crippen molar-refractivity contribution in [1.29, 1.82) is 0 Å². The van der Waals surface area contributed by atoms with E-state index in [1.54, 1.807) is 24.3 Å². The molecule has 0 saturated carbocycles. The van der Waals surface area contributed by atoms with Gasteiger partial charge in [0.2, 0.25) is 0 Å². The van der Waals surface area contributed by atoms with Crippen molar-refractivity contribution in [3.63, 3.8) is 0 Å². The van der Waals surface area contributed by atoms with Crippen LogP contribution in [0.15, 0.2) is 134 Å². The van der Waals surface area contributed by atoms with Gasteiger partial charge in [0.05, 0.1) is 28.1 Å². The van der Waals surface area contributed by atoms with Crippen LogP contribution in [0.4, 0.5) is 0 Å². The Bertz CT molecular complexity index is 4990. The highest BCUT2D eigenvalue weighted by atomic mass is 16.4.